The van der Waals surface area contributed by atoms with Crippen LogP contribution < -0.4 is 5.32 Å². The molecule has 0 aromatic rings. The first kappa shape index (κ1) is 10.2. The van der Waals surface area contributed by atoms with Gasteiger partial charge in [-0.1, -0.05) is 30.9 Å². The summed E-state index contributed by atoms with van der Waals surface area (Å²) in [5.74, 6) is 0. The van der Waals surface area contributed by atoms with E-state index in [4.69, 9.17) is 0 Å². The van der Waals surface area contributed by atoms with Crippen molar-refractivity contribution >= 4 is 0 Å². The van der Waals surface area contributed by atoms with E-state index in [9.17, 15) is 0 Å². The molecule has 0 bridgehead atoms. The third-order valence-corrected chi connectivity index (χ3v) is 1.57. The highest BCUT2D eigenvalue weighted by Crippen LogP contribution is 2.01. The lowest BCUT2D eigenvalue weighted by atomic mass is 10.1. The Labute approximate surface area is 69.5 Å². The minimum Gasteiger partial charge on any atom is -0.313 e. The van der Waals surface area contributed by atoms with Crippen LogP contribution in [0.4, 0.5) is 0 Å². The molecule has 0 rings (SSSR count). The van der Waals surface area contributed by atoms with E-state index in [-0.39, 0.29) is 0 Å². The lowest BCUT2D eigenvalue weighted by molar-refractivity contribution is 0.707. The van der Waals surface area contributed by atoms with E-state index in [1.165, 1.54) is 0 Å². The second-order valence-electron chi connectivity index (χ2n) is 2.76. The van der Waals surface area contributed by atoms with Crippen LogP contribution in [0.15, 0.2) is 36.5 Å². The van der Waals surface area contributed by atoms with Crippen molar-refractivity contribution in [2.24, 2.45) is 0 Å². The molecule has 1 unspecified atom stereocenters. The van der Waals surface area contributed by atoms with Crippen molar-refractivity contribution in [2.45, 2.75) is 19.9 Å². The number of rotatable bonds is 4. The average Bonchev–Trinajstić information content (AvgIpc) is 1.98. The van der Waals surface area contributed by atoms with Gasteiger partial charge < -0.3 is 5.32 Å². The molecule has 0 amide bonds. The van der Waals surface area contributed by atoms with Gasteiger partial charge in [0.25, 0.3) is 0 Å². The van der Waals surface area contributed by atoms with E-state index in [1.807, 2.05) is 26.1 Å². The Morgan fingerprint density at radius 2 is 1.91 bits per heavy atom. The van der Waals surface area contributed by atoms with Gasteiger partial charge in [-0.3, -0.25) is 0 Å². The van der Waals surface area contributed by atoms with E-state index in [0.717, 1.165) is 11.1 Å². The van der Waals surface area contributed by atoms with Gasteiger partial charge in [-0.25, -0.2) is 0 Å². The normalized spacial score (nSPS) is 13.4. The van der Waals surface area contributed by atoms with Crippen LogP contribution in [0.25, 0.3) is 0 Å². The molecule has 0 heterocycles. The van der Waals surface area contributed by atoms with Gasteiger partial charge in [0.05, 0.1) is 0 Å². The molecule has 62 valence electrons. The summed E-state index contributed by atoms with van der Waals surface area (Å²) in [6.45, 7) is 11.7. The number of nitrogens with one attached hydrogen (secondary N) is 1. The molecular weight excluding hydrogens is 134 g/mol. The van der Waals surface area contributed by atoms with Crippen molar-refractivity contribution in [3.8, 4) is 0 Å². The molecule has 1 heteroatoms. The second-order valence-corrected chi connectivity index (χ2v) is 2.76. The van der Waals surface area contributed by atoms with Crippen LogP contribution >= 0.6 is 0 Å². The largest absolute Gasteiger partial charge is 0.313 e. The van der Waals surface area contributed by atoms with Gasteiger partial charge in [0.1, 0.15) is 0 Å². The Morgan fingerprint density at radius 1 is 1.36 bits per heavy atom. The maximum atomic E-state index is 3.91. The topological polar surface area (TPSA) is 12.0 Å². The Kier molecular flexibility index (Phi) is 4.55. The standard InChI is InChI=1S/C10H17N/c1-8(2)6-7-9(3)10(4)11-5/h6-7,10-11H,1,3H2,2,4-5H3. The zero-order valence-corrected chi connectivity index (χ0v) is 7.65. The smallest absolute Gasteiger partial charge is 0.0283 e. The van der Waals surface area contributed by atoms with Crippen LogP contribution in [0.5, 0.6) is 0 Å². The van der Waals surface area contributed by atoms with Crippen LogP contribution in [0.2, 0.25) is 0 Å². The number of hydrogen-bond acceptors (Lipinski definition) is 1. The van der Waals surface area contributed by atoms with E-state index >= 15 is 0 Å². The third kappa shape index (κ3) is 4.57. The van der Waals surface area contributed by atoms with Gasteiger partial charge in [-0.05, 0) is 26.5 Å². The van der Waals surface area contributed by atoms with Gasteiger partial charge >= 0.3 is 0 Å². The predicted octanol–water partition coefficient (Wildman–Crippen LogP) is 2.28. The number of likely N-dealkylation sites (N-methyl/N-ethyl adjacent to an activating group) is 1. The van der Waals surface area contributed by atoms with Gasteiger partial charge in [-0.2, -0.15) is 0 Å². The molecule has 0 aromatic heterocycles. The second kappa shape index (κ2) is 4.91. The maximum Gasteiger partial charge on any atom is 0.0283 e. The molecular formula is C10H17N. The first-order valence-electron chi connectivity index (χ1n) is 3.77. The molecule has 1 atom stereocenters. The van der Waals surface area contributed by atoms with Gasteiger partial charge in [0, 0.05) is 6.04 Å². The van der Waals surface area contributed by atoms with E-state index in [0.29, 0.717) is 6.04 Å². The van der Waals surface area contributed by atoms with Crippen LogP contribution in [0.1, 0.15) is 13.8 Å². The Bertz CT molecular complexity index is 177. The minimum absolute atomic E-state index is 0.339. The Balaban J connectivity index is 3.96. The zero-order chi connectivity index (χ0) is 8.85. The molecule has 0 radical (unpaired) electrons. The molecule has 1 nitrogen and oxygen atoms in total. The van der Waals surface area contributed by atoms with E-state index in [1.54, 1.807) is 0 Å². The summed E-state index contributed by atoms with van der Waals surface area (Å²) in [6.07, 6.45) is 3.96. The summed E-state index contributed by atoms with van der Waals surface area (Å²) >= 11 is 0. The highest BCUT2D eigenvalue weighted by Gasteiger charge is 1.97. The molecule has 0 aliphatic rings. The van der Waals surface area contributed by atoms with E-state index in [2.05, 4.69) is 25.4 Å². The van der Waals surface area contributed by atoms with Gasteiger partial charge in [0.2, 0.25) is 0 Å². The first-order chi connectivity index (χ1) is 5.07. The Morgan fingerprint density at radius 3 is 2.27 bits per heavy atom. The first-order valence-corrected chi connectivity index (χ1v) is 3.77. The predicted molar refractivity (Wildman–Crippen MR) is 51.6 cm³/mol. The molecule has 11 heavy (non-hydrogen) atoms. The average molecular weight is 151 g/mol. The van der Waals surface area contributed by atoms with Crippen molar-refractivity contribution in [2.75, 3.05) is 7.05 Å². The van der Waals surface area contributed by atoms with Gasteiger partial charge in [0.15, 0.2) is 0 Å². The lowest BCUT2D eigenvalue weighted by Crippen LogP contribution is -2.21. The molecule has 0 spiro atoms. The summed E-state index contributed by atoms with van der Waals surface area (Å²) in [5.41, 5.74) is 2.13. The Hall–Kier alpha value is -0.820. The van der Waals surface area contributed by atoms with Crippen molar-refractivity contribution < 1.29 is 0 Å². The molecule has 0 fully saturated rings. The fraction of sp³-hybridized carbons (Fsp3) is 0.400. The summed E-state index contributed by atoms with van der Waals surface area (Å²) < 4.78 is 0. The van der Waals surface area contributed by atoms with Crippen molar-refractivity contribution in [1.82, 2.24) is 5.32 Å². The quantitative estimate of drug-likeness (QED) is 0.608. The van der Waals surface area contributed by atoms with Crippen LogP contribution in [-0.2, 0) is 0 Å². The fourth-order valence-corrected chi connectivity index (χ4v) is 0.579. The maximum absolute atomic E-state index is 3.91. The minimum atomic E-state index is 0.339. The summed E-state index contributed by atoms with van der Waals surface area (Å²) in [6, 6.07) is 0.339. The zero-order valence-electron chi connectivity index (χ0n) is 7.65. The van der Waals surface area contributed by atoms with E-state index < -0.39 is 0 Å². The van der Waals surface area contributed by atoms with Crippen molar-refractivity contribution in [3.05, 3.63) is 36.5 Å². The molecule has 0 aromatic carbocycles. The summed E-state index contributed by atoms with van der Waals surface area (Å²) in [4.78, 5) is 0. The fourth-order valence-electron chi connectivity index (χ4n) is 0.579. The number of hydrogen-bond donors (Lipinski definition) is 1. The third-order valence-electron chi connectivity index (χ3n) is 1.57. The lowest BCUT2D eigenvalue weighted by Gasteiger charge is -2.08. The van der Waals surface area contributed by atoms with Gasteiger partial charge in [-0.15, -0.1) is 0 Å². The molecule has 0 saturated heterocycles. The monoisotopic (exact) mass is 151 g/mol. The molecule has 0 saturated carbocycles. The summed E-state index contributed by atoms with van der Waals surface area (Å²) in [7, 11) is 1.92. The highest BCUT2D eigenvalue weighted by molar-refractivity contribution is 5.26. The van der Waals surface area contributed by atoms with Crippen molar-refractivity contribution in [3.63, 3.8) is 0 Å². The van der Waals surface area contributed by atoms with Crippen molar-refractivity contribution in [1.29, 1.82) is 0 Å². The van der Waals surface area contributed by atoms with Crippen LogP contribution in [0.3, 0.4) is 0 Å². The molecule has 0 aliphatic carbocycles. The highest BCUT2D eigenvalue weighted by atomic mass is 14.8. The number of allylic oxidation sites excluding steroid dienone is 2. The summed E-state index contributed by atoms with van der Waals surface area (Å²) in [5, 5.41) is 3.11. The molecule has 1 N–H and O–H groups in total. The SMILES string of the molecule is C=C(C)C=CC(=C)C(C)NC. The van der Waals surface area contributed by atoms with Crippen LogP contribution in [-0.4, -0.2) is 13.1 Å². The molecule has 0 aliphatic heterocycles. The van der Waals surface area contributed by atoms with Crippen LogP contribution in [0, 0.1) is 0 Å².